The average Bonchev–Trinajstić information content (AvgIpc) is 3.68. The SMILES string of the molecule is COC(=O)CC1C2(C)CC3(O)C(O)(C2OC(C)=O)C2OC(=O)CC4C(C)(C(OC(C)=O)c5ccoc5)C(OC(C)=O)C(OC(C)=O)C(O)(C42O)C13C. The summed E-state index contributed by atoms with van der Waals surface area (Å²) < 4.78 is 39.5. The fourth-order valence-corrected chi connectivity index (χ4v) is 11.6. The van der Waals surface area contributed by atoms with E-state index in [9.17, 15) is 49.2 Å². The number of esters is 6. The fourth-order valence-electron chi connectivity index (χ4n) is 11.6. The smallest absolute Gasteiger partial charge is 0.306 e. The van der Waals surface area contributed by atoms with Crippen molar-refractivity contribution in [3.8, 4) is 0 Å². The molecule has 6 rings (SSSR count). The van der Waals surface area contributed by atoms with E-state index in [2.05, 4.69) is 0 Å². The number of fused-ring (bicyclic) bond motifs is 3. The lowest BCUT2D eigenvalue weighted by Gasteiger charge is -2.78. The van der Waals surface area contributed by atoms with Gasteiger partial charge in [0, 0.05) is 56.4 Å². The maximum absolute atomic E-state index is 13.8. The van der Waals surface area contributed by atoms with E-state index in [1.165, 1.54) is 39.4 Å². The second kappa shape index (κ2) is 11.5. The molecule has 4 aliphatic carbocycles. The van der Waals surface area contributed by atoms with Gasteiger partial charge in [0.15, 0.2) is 23.9 Å². The molecule has 1 aromatic rings. The highest BCUT2D eigenvalue weighted by Crippen LogP contribution is 2.84. The summed E-state index contributed by atoms with van der Waals surface area (Å²) in [5.41, 5.74) is -17.7. The minimum Gasteiger partial charge on any atom is -0.472 e. The zero-order chi connectivity index (χ0) is 38.8. The molecule has 5 fully saturated rings. The van der Waals surface area contributed by atoms with Crippen LogP contribution in [-0.2, 0) is 57.2 Å². The molecule has 1 saturated heterocycles. The van der Waals surface area contributed by atoms with Crippen LogP contribution in [0.5, 0.6) is 0 Å². The Morgan fingerprint density at radius 2 is 1.48 bits per heavy atom. The highest BCUT2D eigenvalue weighted by Gasteiger charge is 3.00. The van der Waals surface area contributed by atoms with Crippen LogP contribution in [0, 0.1) is 28.1 Å². The second-order valence-electron chi connectivity index (χ2n) is 15.6. The summed E-state index contributed by atoms with van der Waals surface area (Å²) in [6.07, 6.45) is -9.24. The Bertz CT molecular complexity index is 1720. The Hall–Kier alpha value is -4.06. The Labute approximate surface area is 297 Å². The third kappa shape index (κ3) is 4.18. The number of hydrogen-bond acceptors (Lipinski definition) is 17. The third-order valence-electron chi connectivity index (χ3n) is 13.2. The topological polar surface area (TPSA) is 252 Å². The van der Waals surface area contributed by atoms with Gasteiger partial charge in [0.25, 0.3) is 0 Å². The molecule has 14 unspecified atom stereocenters. The summed E-state index contributed by atoms with van der Waals surface area (Å²) in [5.74, 6) is -8.88. The lowest BCUT2D eigenvalue weighted by molar-refractivity contribution is -0.466. The first kappa shape index (κ1) is 37.7. The molecule has 286 valence electrons. The van der Waals surface area contributed by atoms with Crippen molar-refractivity contribution in [2.45, 2.75) is 121 Å². The maximum atomic E-state index is 13.8. The van der Waals surface area contributed by atoms with Crippen molar-refractivity contribution < 1.29 is 82.0 Å². The van der Waals surface area contributed by atoms with Crippen molar-refractivity contribution in [2.75, 3.05) is 7.11 Å². The summed E-state index contributed by atoms with van der Waals surface area (Å²) in [5, 5.41) is 53.7. The molecular weight excluding hydrogens is 692 g/mol. The van der Waals surface area contributed by atoms with Gasteiger partial charge in [-0.1, -0.05) is 20.8 Å². The summed E-state index contributed by atoms with van der Waals surface area (Å²) >= 11 is 0. The summed E-state index contributed by atoms with van der Waals surface area (Å²) in [6, 6.07) is 1.40. The molecule has 0 spiro atoms. The van der Waals surface area contributed by atoms with Crippen LogP contribution in [0.2, 0.25) is 0 Å². The van der Waals surface area contributed by atoms with E-state index in [4.69, 9.17) is 32.8 Å². The van der Waals surface area contributed by atoms with Gasteiger partial charge in [-0.2, -0.15) is 0 Å². The monoisotopic (exact) mass is 736 g/mol. The molecule has 0 radical (unpaired) electrons. The quantitative estimate of drug-likeness (QED) is 0.205. The largest absolute Gasteiger partial charge is 0.472 e. The average molecular weight is 737 g/mol. The van der Waals surface area contributed by atoms with Crippen LogP contribution in [0.4, 0.5) is 0 Å². The maximum Gasteiger partial charge on any atom is 0.306 e. The lowest BCUT2D eigenvalue weighted by atomic mass is 9.32. The lowest BCUT2D eigenvalue weighted by Crippen LogP contribution is -2.98. The number of aliphatic hydroxyl groups is 4. The first-order valence-corrected chi connectivity index (χ1v) is 16.8. The number of furan rings is 1. The predicted octanol–water partition coefficient (Wildman–Crippen LogP) is 0.178. The normalized spacial score (nSPS) is 45.9. The van der Waals surface area contributed by atoms with Crippen LogP contribution >= 0.6 is 0 Å². The van der Waals surface area contributed by atoms with Crippen molar-refractivity contribution >= 4 is 35.8 Å². The Morgan fingerprint density at radius 1 is 0.885 bits per heavy atom. The van der Waals surface area contributed by atoms with E-state index >= 15 is 0 Å². The minimum atomic E-state index is -3.09. The van der Waals surface area contributed by atoms with Gasteiger partial charge in [-0.15, -0.1) is 0 Å². The minimum absolute atomic E-state index is 0.136. The van der Waals surface area contributed by atoms with Crippen molar-refractivity contribution in [1.29, 1.82) is 0 Å². The number of rotatable bonds is 8. The van der Waals surface area contributed by atoms with E-state index in [-0.39, 0.29) is 5.56 Å². The number of methoxy groups -OCH3 is 1. The predicted molar refractivity (Wildman–Crippen MR) is 167 cm³/mol. The number of hydrogen-bond donors (Lipinski definition) is 4. The highest BCUT2D eigenvalue weighted by atomic mass is 16.6. The molecule has 52 heavy (non-hydrogen) atoms. The van der Waals surface area contributed by atoms with Gasteiger partial charge in [-0.3, -0.25) is 28.8 Å². The van der Waals surface area contributed by atoms with Gasteiger partial charge in [0.2, 0.25) is 0 Å². The van der Waals surface area contributed by atoms with Gasteiger partial charge >= 0.3 is 35.8 Å². The third-order valence-corrected chi connectivity index (χ3v) is 13.2. The van der Waals surface area contributed by atoms with E-state index < -0.39 is 136 Å². The van der Waals surface area contributed by atoms with Crippen molar-refractivity contribution in [3.63, 3.8) is 0 Å². The van der Waals surface area contributed by atoms with Gasteiger partial charge in [0.1, 0.15) is 29.0 Å². The van der Waals surface area contributed by atoms with Gasteiger partial charge < -0.3 is 53.3 Å². The second-order valence-corrected chi connectivity index (χ2v) is 15.6. The molecule has 1 aromatic heterocycles. The van der Waals surface area contributed by atoms with Gasteiger partial charge in [-0.05, 0) is 18.4 Å². The van der Waals surface area contributed by atoms with Gasteiger partial charge in [0.05, 0.1) is 31.5 Å². The molecule has 5 aliphatic rings. The van der Waals surface area contributed by atoms with Crippen molar-refractivity contribution in [2.24, 2.45) is 28.1 Å². The molecule has 17 nitrogen and oxygen atoms in total. The first-order chi connectivity index (χ1) is 24.0. The van der Waals surface area contributed by atoms with E-state index in [1.807, 2.05) is 0 Å². The summed E-state index contributed by atoms with van der Waals surface area (Å²) in [7, 11) is 1.10. The van der Waals surface area contributed by atoms with Crippen LogP contribution in [0.1, 0.15) is 79.4 Å². The molecule has 0 aromatic carbocycles. The van der Waals surface area contributed by atoms with Gasteiger partial charge in [-0.25, -0.2) is 0 Å². The highest BCUT2D eigenvalue weighted by molar-refractivity contribution is 5.75. The van der Waals surface area contributed by atoms with E-state index in [1.54, 1.807) is 0 Å². The van der Waals surface area contributed by atoms with Crippen LogP contribution in [0.25, 0.3) is 0 Å². The zero-order valence-electron chi connectivity index (χ0n) is 30.0. The van der Waals surface area contributed by atoms with E-state index in [0.717, 1.165) is 34.8 Å². The Kier molecular flexibility index (Phi) is 8.31. The molecular formula is C35H44O17. The molecule has 1 aliphatic heterocycles. The molecule has 4 saturated carbocycles. The molecule has 14 atom stereocenters. The Morgan fingerprint density at radius 3 is 2.00 bits per heavy atom. The van der Waals surface area contributed by atoms with Crippen molar-refractivity contribution in [3.05, 3.63) is 24.2 Å². The van der Waals surface area contributed by atoms with Crippen molar-refractivity contribution in [1.82, 2.24) is 0 Å². The summed E-state index contributed by atoms with van der Waals surface area (Å²) in [6.45, 7) is 8.24. The standard InChI is InChI=1S/C35H44O17/c1-15(36)48-24(19-9-10-47-13-19)30(6)21-12-23(41)52-28-33(21,43)35(45,26(50-17(3)38)25(30)49-16(2)37)31(7)20(11-22(40)46-8)29(5)14-32(31,42)34(28,44)27(29)51-18(4)39/h9-10,13,20-21,24-28,42-45H,11-12,14H2,1-8H3. The first-order valence-electron chi connectivity index (χ1n) is 16.8. The zero-order valence-corrected chi connectivity index (χ0v) is 30.0. The number of ether oxygens (including phenoxy) is 6. The molecule has 4 N–H and O–H groups in total. The molecule has 17 heteroatoms. The molecule has 0 amide bonds. The Balaban J connectivity index is 1.78. The van der Waals surface area contributed by atoms with Crippen LogP contribution < -0.4 is 0 Å². The van der Waals surface area contributed by atoms with E-state index in [0.29, 0.717) is 0 Å². The van der Waals surface area contributed by atoms with Crippen LogP contribution in [-0.4, -0.2) is 110 Å². The number of carbonyl (C=O) groups excluding carboxylic acids is 6. The van der Waals surface area contributed by atoms with Crippen LogP contribution in [0.15, 0.2) is 23.0 Å². The number of carbonyl (C=O) groups is 6. The van der Waals surface area contributed by atoms with Crippen LogP contribution in [0.3, 0.4) is 0 Å². The fraction of sp³-hybridized carbons (Fsp3) is 0.714. The molecule has 2 bridgehead atoms. The molecule has 2 heterocycles. The summed E-state index contributed by atoms with van der Waals surface area (Å²) in [4.78, 5) is 78.7.